The Morgan fingerprint density at radius 3 is 2.21 bits per heavy atom. The number of nitrogens with one attached hydrogen (secondary N) is 1. The van der Waals surface area contributed by atoms with Gasteiger partial charge in [-0.3, -0.25) is 4.79 Å². The highest BCUT2D eigenvalue weighted by Gasteiger charge is 2.33. The maximum atomic E-state index is 13.4. The lowest BCUT2D eigenvalue weighted by molar-refractivity contribution is 0.0922. The van der Waals surface area contributed by atoms with E-state index in [2.05, 4.69) is 5.32 Å². The van der Waals surface area contributed by atoms with E-state index in [-0.39, 0.29) is 18.5 Å². The first-order chi connectivity index (χ1) is 8.95. The van der Waals surface area contributed by atoms with E-state index in [4.69, 9.17) is 5.73 Å². The van der Waals surface area contributed by atoms with Crippen molar-refractivity contribution in [1.29, 1.82) is 0 Å². The Balaban J connectivity index is 2.27. The Morgan fingerprint density at radius 1 is 1.26 bits per heavy atom. The fraction of sp³-hybridized carbons (Fsp3) is 0.417. The summed E-state index contributed by atoms with van der Waals surface area (Å²) < 4.78 is 52.7. The zero-order valence-corrected chi connectivity index (χ0v) is 9.85. The first kappa shape index (κ1) is 13.8. The van der Waals surface area contributed by atoms with Crippen molar-refractivity contribution in [2.24, 2.45) is 11.7 Å². The minimum atomic E-state index is -1.71. The SMILES string of the molecule is NCC(NC(=O)c1c(F)c(F)cc(F)c1F)C1CC1. The first-order valence-electron chi connectivity index (χ1n) is 5.79. The van der Waals surface area contributed by atoms with Gasteiger partial charge in [-0.2, -0.15) is 0 Å². The molecule has 1 atom stereocenters. The molecule has 1 amide bonds. The third kappa shape index (κ3) is 2.70. The molecule has 3 nitrogen and oxygen atoms in total. The van der Waals surface area contributed by atoms with E-state index < -0.39 is 40.8 Å². The van der Waals surface area contributed by atoms with Crippen LogP contribution in [0.15, 0.2) is 6.07 Å². The van der Waals surface area contributed by atoms with E-state index in [0.29, 0.717) is 0 Å². The summed E-state index contributed by atoms with van der Waals surface area (Å²) >= 11 is 0. The molecule has 0 aliphatic heterocycles. The molecule has 19 heavy (non-hydrogen) atoms. The van der Waals surface area contributed by atoms with Gasteiger partial charge in [0.05, 0.1) is 0 Å². The Labute approximate surface area is 106 Å². The lowest BCUT2D eigenvalue weighted by Crippen LogP contribution is -2.42. The summed E-state index contributed by atoms with van der Waals surface area (Å²) in [5.74, 6) is -7.68. The van der Waals surface area contributed by atoms with Gasteiger partial charge in [-0.05, 0) is 18.8 Å². The normalized spacial score (nSPS) is 16.3. The molecular formula is C12H12F4N2O. The van der Waals surface area contributed by atoms with Crippen molar-refractivity contribution in [2.75, 3.05) is 6.54 Å². The van der Waals surface area contributed by atoms with Crippen molar-refractivity contribution in [3.8, 4) is 0 Å². The number of carbonyl (C=O) groups is 1. The molecule has 1 saturated carbocycles. The molecule has 0 heterocycles. The van der Waals surface area contributed by atoms with Crippen LogP contribution in [0.2, 0.25) is 0 Å². The summed E-state index contributed by atoms with van der Waals surface area (Å²) in [5, 5.41) is 2.30. The average Bonchev–Trinajstić information content (AvgIpc) is 3.18. The molecule has 0 spiro atoms. The topological polar surface area (TPSA) is 55.1 Å². The number of rotatable bonds is 4. The van der Waals surface area contributed by atoms with Gasteiger partial charge >= 0.3 is 0 Å². The zero-order chi connectivity index (χ0) is 14.2. The highest BCUT2D eigenvalue weighted by molar-refractivity contribution is 5.95. The number of nitrogens with two attached hydrogens (primary N) is 1. The van der Waals surface area contributed by atoms with Crippen LogP contribution >= 0.6 is 0 Å². The van der Waals surface area contributed by atoms with Gasteiger partial charge in [0.15, 0.2) is 23.3 Å². The number of carbonyl (C=O) groups excluding carboxylic acids is 1. The summed E-state index contributed by atoms with van der Waals surface area (Å²) in [4.78, 5) is 11.7. The van der Waals surface area contributed by atoms with E-state index in [1.165, 1.54) is 0 Å². The third-order valence-electron chi connectivity index (χ3n) is 3.10. The van der Waals surface area contributed by atoms with Crippen LogP contribution in [0.1, 0.15) is 23.2 Å². The van der Waals surface area contributed by atoms with Crippen LogP contribution in [0.4, 0.5) is 17.6 Å². The smallest absolute Gasteiger partial charge is 0.257 e. The van der Waals surface area contributed by atoms with Gasteiger partial charge in [-0.25, -0.2) is 17.6 Å². The maximum absolute atomic E-state index is 13.4. The van der Waals surface area contributed by atoms with Crippen molar-refractivity contribution >= 4 is 5.91 Å². The van der Waals surface area contributed by atoms with Crippen molar-refractivity contribution in [3.05, 3.63) is 34.9 Å². The molecule has 0 aromatic heterocycles. The molecule has 1 fully saturated rings. The molecule has 104 valence electrons. The summed E-state index contributed by atoms with van der Waals surface area (Å²) in [5.41, 5.74) is 4.17. The predicted molar refractivity (Wildman–Crippen MR) is 59.3 cm³/mol. The number of halogens is 4. The molecule has 1 aliphatic rings. The molecular weight excluding hydrogens is 264 g/mol. The number of hydrogen-bond donors (Lipinski definition) is 2. The van der Waals surface area contributed by atoms with Gasteiger partial charge in [0.25, 0.3) is 5.91 Å². The molecule has 1 aromatic carbocycles. The number of hydrogen-bond acceptors (Lipinski definition) is 2. The molecule has 1 aromatic rings. The standard InChI is InChI=1S/C12H12F4N2O/c13-6-3-7(14)11(16)9(10(6)15)12(19)18-8(4-17)5-1-2-5/h3,5,8H,1-2,4,17H2,(H,18,19). The molecule has 2 rings (SSSR count). The predicted octanol–water partition coefficient (Wildman–Crippen LogP) is 1.71. The van der Waals surface area contributed by atoms with Crippen LogP contribution in [0.3, 0.4) is 0 Å². The monoisotopic (exact) mass is 276 g/mol. The second kappa shape index (κ2) is 5.16. The fourth-order valence-electron chi connectivity index (χ4n) is 1.88. The summed E-state index contributed by atoms with van der Waals surface area (Å²) in [7, 11) is 0. The summed E-state index contributed by atoms with van der Waals surface area (Å²) in [6.07, 6.45) is 1.70. The lowest BCUT2D eigenvalue weighted by atomic mass is 10.1. The highest BCUT2D eigenvalue weighted by atomic mass is 19.2. The molecule has 0 saturated heterocycles. The van der Waals surface area contributed by atoms with Crippen LogP contribution in [-0.4, -0.2) is 18.5 Å². The van der Waals surface area contributed by atoms with Crippen LogP contribution in [-0.2, 0) is 0 Å². The maximum Gasteiger partial charge on any atom is 0.257 e. The van der Waals surface area contributed by atoms with Crippen molar-refractivity contribution in [1.82, 2.24) is 5.32 Å². The van der Waals surface area contributed by atoms with Gasteiger partial charge in [-0.15, -0.1) is 0 Å². The molecule has 0 bridgehead atoms. The molecule has 1 unspecified atom stereocenters. The van der Waals surface area contributed by atoms with Gasteiger partial charge in [0.1, 0.15) is 5.56 Å². The zero-order valence-electron chi connectivity index (χ0n) is 9.85. The number of amides is 1. The van der Waals surface area contributed by atoms with E-state index >= 15 is 0 Å². The minimum absolute atomic E-state index is 0.0583. The third-order valence-corrected chi connectivity index (χ3v) is 3.10. The van der Waals surface area contributed by atoms with Crippen LogP contribution < -0.4 is 11.1 Å². The Morgan fingerprint density at radius 2 is 1.79 bits per heavy atom. The highest BCUT2D eigenvalue weighted by Crippen LogP contribution is 2.32. The lowest BCUT2D eigenvalue weighted by Gasteiger charge is -2.16. The summed E-state index contributed by atoms with van der Waals surface area (Å²) in [6.45, 7) is 0.0947. The van der Waals surface area contributed by atoms with Crippen molar-refractivity contribution in [3.63, 3.8) is 0 Å². The largest absolute Gasteiger partial charge is 0.348 e. The molecule has 0 radical (unpaired) electrons. The molecule has 1 aliphatic carbocycles. The Hall–Kier alpha value is -1.63. The Bertz CT molecular complexity index is 491. The van der Waals surface area contributed by atoms with E-state index in [0.717, 1.165) is 12.8 Å². The quantitative estimate of drug-likeness (QED) is 0.649. The molecule has 7 heteroatoms. The fourth-order valence-corrected chi connectivity index (χ4v) is 1.88. The van der Waals surface area contributed by atoms with E-state index in [1.807, 2.05) is 0 Å². The summed E-state index contributed by atoms with van der Waals surface area (Å²) in [6, 6.07) is -0.388. The van der Waals surface area contributed by atoms with Gasteiger partial charge < -0.3 is 11.1 Å². The van der Waals surface area contributed by atoms with E-state index in [9.17, 15) is 22.4 Å². The van der Waals surface area contributed by atoms with Crippen LogP contribution in [0.25, 0.3) is 0 Å². The first-order valence-corrected chi connectivity index (χ1v) is 5.79. The van der Waals surface area contributed by atoms with Crippen molar-refractivity contribution < 1.29 is 22.4 Å². The minimum Gasteiger partial charge on any atom is -0.348 e. The van der Waals surface area contributed by atoms with Crippen molar-refractivity contribution in [2.45, 2.75) is 18.9 Å². The van der Waals surface area contributed by atoms with Gasteiger partial charge in [0, 0.05) is 18.7 Å². The average molecular weight is 276 g/mol. The second-order valence-corrected chi connectivity index (χ2v) is 4.50. The Kier molecular flexibility index (Phi) is 3.75. The number of benzene rings is 1. The van der Waals surface area contributed by atoms with Gasteiger partial charge in [-0.1, -0.05) is 0 Å². The van der Waals surface area contributed by atoms with Gasteiger partial charge in [0.2, 0.25) is 0 Å². The van der Waals surface area contributed by atoms with Crippen LogP contribution in [0, 0.1) is 29.2 Å². The van der Waals surface area contributed by atoms with Crippen LogP contribution in [0.5, 0.6) is 0 Å². The molecule has 3 N–H and O–H groups in total. The van der Waals surface area contributed by atoms with E-state index in [1.54, 1.807) is 0 Å². The second-order valence-electron chi connectivity index (χ2n) is 4.50.